The molecule has 2 aromatic rings. The fourth-order valence-electron chi connectivity index (χ4n) is 3.20. The number of nitrogens with zero attached hydrogens (tertiary/aromatic N) is 1. The van der Waals surface area contributed by atoms with Gasteiger partial charge in [-0.05, 0) is 42.5 Å². The molecule has 2 N–H and O–H groups in total. The molecule has 0 bridgehead atoms. The number of nitrogens with two attached hydrogens (primary N) is 1. The summed E-state index contributed by atoms with van der Waals surface area (Å²) in [6.07, 6.45) is 1.33. The van der Waals surface area contributed by atoms with Crippen molar-refractivity contribution >= 4 is 18.3 Å². The lowest BCUT2D eigenvalue weighted by Gasteiger charge is -2.23. The van der Waals surface area contributed by atoms with Crippen molar-refractivity contribution in [2.45, 2.75) is 25.3 Å². The van der Waals surface area contributed by atoms with Gasteiger partial charge in [-0.3, -0.25) is 4.79 Å². The van der Waals surface area contributed by atoms with Gasteiger partial charge in [-0.25, -0.2) is 8.78 Å². The molecule has 2 aromatic carbocycles. The molecule has 26 heavy (non-hydrogen) atoms. The molecule has 0 aromatic heterocycles. The van der Waals surface area contributed by atoms with Crippen LogP contribution in [-0.2, 0) is 11.3 Å². The monoisotopic (exact) mass is 380 g/mol. The van der Waals surface area contributed by atoms with Crippen LogP contribution in [0.5, 0.6) is 0 Å². The quantitative estimate of drug-likeness (QED) is 0.792. The van der Waals surface area contributed by atoms with E-state index in [1.807, 2.05) is 30.3 Å². The highest BCUT2D eigenvalue weighted by molar-refractivity contribution is 5.85. The Labute approximate surface area is 158 Å². The Kier molecular flexibility index (Phi) is 7.12. The molecule has 2 unspecified atom stereocenters. The van der Waals surface area contributed by atoms with Gasteiger partial charge in [-0.15, -0.1) is 12.4 Å². The van der Waals surface area contributed by atoms with Crippen LogP contribution in [0.2, 0.25) is 0 Å². The molecule has 3 rings (SSSR count). The molecule has 1 amide bonds. The average molecular weight is 381 g/mol. The topological polar surface area (TPSA) is 46.3 Å². The van der Waals surface area contributed by atoms with Crippen LogP contribution >= 0.6 is 12.4 Å². The van der Waals surface area contributed by atoms with Crippen molar-refractivity contribution < 1.29 is 13.6 Å². The van der Waals surface area contributed by atoms with E-state index < -0.39 is 11.6 Å². The van der Waals surface area contributed by atoms with Gasteiger partial charge in [0, 0.05) is 25.1 Å². The van der Waals surface area contributed by atoms with E-state index in [-0.39, 0.29) is 30.2 Å². The average Bonchev–Trinajstić information content (AvgIpc) is 3.39. The number of hydrogen-bond acceptors (Lipinski definition) is 2. The maximum Gasteiger partial charge on any atom is 0.226 e. The third kappa shape index (κ3) is 4.80. The van der Waals surface area contributed by atoms with E-state index >= 15 is 0 Å². The molecular formula is C20H23ClF2N2O. The van der Waals surface area contributed by atoms with E-state index in [0.717, 1.165) is 18.1 Å². The highest BCUT2D eigenvalue weighted by Gasteiger charge is 2.46. The van der Waals surface area contributed by atoms with Crippen LogP contribution in [-0.4, -0.2) is 23.9 Å². The molecule has 0 heterocycles. The summed E-state index contributed by atoms with van der Waals surface area (Å²) in [5.74, 6) is -1.55. The zero-order valence-corrected chi connectivity index (χ0v) is 15.2. The minimum absolute atomic E-state index is 0. The van der Waals surface area contributed by atoms with Gasteiger partial charge >= 0.3 is 0 Å². The molecule has 1 saturated carbocycles. The second-order valence-corrected chi connectivity index (χ2v) is 6.50. The smallest absolute Gasteiger partial charge is 0.226 e. The van der Waals surface area contributed by atoms with Gasteiger partial charge < -0.3 is 10.6 Å². The second-order valence-electron chi connectivity index (χ2n) is 6.50. The number of amides is 1. The minimum atomic E-state index is -0.599. The van der Waals surface area contributed by atoms with Crippen LogP contribution in [0.3, 0.4) is 0 Å². The van der Waals surface area contributed by atoms with Crippen molar-refractivity contribution in [2.24, 2.45) is 11.7 Å². The summed E-state index contributed by atoms with van der Waals surface area (Å²) in [6, 6.07) is 13.3. The van der Waals surface area contributed by atoms with Crippen molar-refractivity contribution in [1.82, 2.24) is 4.90 Å². The summed E-state index contributed by atoms with van der Waals surface area (Å²) in [6.45, 7) is 1.62. The van der Waals surface area contributed by atoms with Gasteiger partial charge in [-0.2, -0.15) is 0 Å². The number of benzene rings is 2. The largest absolute Gasteiger partial charge is 0.338 e. The first-order chi connectivity index (χ1) is 12.1. The van der Waals surface area contributed by atoms with Crippen molar-refractivity contribution in [1.29, 1.82) is 0 Å². The molecule has 0 spiro atoms. The SMILES string of the molecule is Cl.NCCCN(Cc1ccccc1)C(=O)C1CC1c1ccc(F)cc1F. The van der Waals surface area contributed by atoms with Gasteiger partial charge in [0.2, 0.25) is 5.91 Å². The van der Waals surface area contributed by atoms with E-state index in [4.69, 9.17) is 5.73 Å². The second kappa shape index (κ2) is 9.10. The van der Waals surface area contributed by atoms with Crippen LogP contribution in [0.15, 0.2) is 48.5 Å². The fraction of sp³-hybridized carbons (Fsp3) is 0.350. The number of carbonyl (C=O) groups excluding carboxylic acids is 1. The zero-order valence-electron chi connectivity index (χ0n) is 14.4. The van der Waals surface area contributed by atoms with Gasteiger partial charge in [0.25, 0.3) is 0 Å². The first-order valence-electron chi connectivity index (χ1n) is 8.58. The van der Waals surface area contributed by atoms with Crippen LogP contribution in [0, 0.1) is 17.6 Å². The molecule has 1 fully saturated rings. The Balaban J connectivity index is 0.00000243. The summed E-state index contributed by atoms with van der Waals surface area (Å²) >= 11 is 0. The van der Waals surface area contributed by atoms with Crippen LogP contribution < -0.4 is 5.73 Å². The van der Waals surface area contributed by atoms with Crippen molar-refractivity contribution in [3.63, 3.8) is 0 Å². The lowest BCUT2D eigenvalue weighted by molar-refractivity contribution is -0.133. The molecule has 140 valence electrons. The molecule has 0 saturated heterocycles. The zero-order chi connectivity index (χ0) is 17.8. The number of carbonyl (C=O) groups is 1. The van der Waals surface area contributed by atoms with Crippen molar-refractivity contribution in [3.8, 4) is 0 Å². The highest BCUT2D eigenvalue weighted by atomic mass is 35.5. The Morgan fingerprint density at radius 1 is 1.15 bits per heavy atom. The van der Waals surface area contributed by atoms with E-state index in [1.54, 1.807) is 4.90 Å². The molecule has 0 radical (unpaired) electrons. The van der Waals surface area contributed by atoms with Crippen LogP contribution in [0.1, 0.15) is 29.9 Å². The Morgan fingerprint density at radius 2 is 1.88 bits per heavy atom. The molecule has 6 heteroatoms. The predicted molar refractivity (Wildman–Crippen MR) is 100.0 cm³/mol. The van der Waals surface area contributed by atoms with Gasteiger partial charge in [-0.1, -0.05) is 36.4 Å². The van der Waals surface area contributed by atoms with Gasteiger partial charge in [0.15, 0.2) is 0 Å². The first-order valence-corrected chi connectivity index (χ1v) is 8.58. The lowest BCUT2D eigenvalue weighted by Crippen LogP contribution is -2.34. The normalized spacial score (nSPS) is 18.1. The maximum absolute atomic E-state index is 13.9. The van der Waals surface area contributed by atoms with Crippen molar-refractivity contribution in [2.75, 3.05) is 13.1 Å². The molecule has 0 aliphatic heterocycles. The summed E-state index contributed by atoms with van der Waals surface area (Å²) in [5, 5.41) is 0. The van der Waals surface area contributed by atoms with Crippen molar-refractivity contribution in [3.05, 3.63) is 71.3 Å². The Bertz CT molecular complexity index is 742. The molecular weight excluding hydrogens is 358 g/mol. The number of hydrogen-bond donors (Lipinski definition) is 1. The van der Waals surface area contributed by atoms with E-state index in [9.17, 15) is 13.6 Å². The third-order valence-corrected chi connectivity index (χ3v) is 4.63. The minimum Gasteiger partial charge on any atom is -0.338 e. The van der Waals surface area contributed by atoms with E-state index in [1.165, 1.54) is 12.1 Å². The first kappa shape index (κ1) is 20.3. The highest BCUT2D eigenvalue weighted by Crippen LogP contribution is 2.49. The molecule has 1 aliphatic carbocycles. The Hall–Kier alpha value is -1.98. The predicted octanol–water partition coefficient (Wildman–Crippen LogP) is 3.87. The number of rotatable bonds is 7. The molecule has 2 atom stereocenters. The maximum atomic E-state index is 13.9. The van der Waals surface area contributed by atoms with Crippen LogP contribution in [0.25, 0.3) is 0 Å². The fourth-order valence-corrected chi connectivity index (χ4v) is 3.20. The third-order valence-electron chi connectivity index (χ3n) is 4.63. The van der Waals surface area contributed by atoms with Gasteiger partial charge in [0.1, 0.15) is 11.6 Å². The summed E-state index contributed by atoms with van der Waals surface area (Å²) in [4.78, 5) is 14.7. The van der Waals surface area contributed by atoms with Gasteiger partial charge in [0.05, 0.1) is 0 Å². The lowest BCUT2D eigenvalue weighted by atomic mass is 10.1. The standard InChI is InChI=1S/C20H22F2N2O.ClH/c21-15-7-8-16(19(22)11-15)17-12-18(17)20(25)24(10-4-9-23)13-14-5-2-1-3-6-14;/h1-3,5-8,11,17-18H,4,9-10,12-13,23H2;1H. The summed E-state index contributed by atoms with van der Waals surface area (Å²) in [7, 11) is 0. The van der Waals surface area contributed by atoms with E-state index in [0.29, 0.717) is 31.6 Å². The Morgan fingerprint density at radius 3 is 2.54 bits per heavy atom. The molecule has 3 nitrogen and oxygen atoms in total. The van der Waals surface area contributed by atoms with Crippen LogP contribution in [0.4, 0.5) is 8.78 Å². The summed E-state index contributed by atoms with van der Waals surface area (Å²) in [5.41, 5.74) is 7.07. The molecule has 1 aliphatic rings. The summed E-state index contributed by atoms with van der Waals surface area (Å²) < 4.78 is 27.0. The number of halogens is 3. The van der Waals surface area contributed by atoms with E-state index in [2.05, 4.69) is 0 Å².